The third-order valence-corrected chi connectivity index (χ3v) is 4.82. The summed E-state index contributed by atoms with van der Waals surface area (Å²) in [6, 6.07) is 12.1. The molecular formula is C18H21BrN3O+. The van der Waals surface area contributed by atoms with Crippen molar-refractivity contribution in [2.45, 2.75) is 13.0 Å². The number of amides is 1. The molecule has 3 rings (SSSR count). The van der Waals surface area contributed by atoms with Gasteiger partial charge in [-0.3, -0.25) is 9.78 Å². The van der Waals surface area contributed by atoms with Gasteiger partial charge in [0.15, 0.2) is 0 Å². The Bertz CT molecular complexity index is 637. The summed E-state index contributed by atoms with van der Waals surface area (Å²) >= 11 is 3.42. The van der Waals surface area contributed by atoms with Crippen molar-refractivity contribution in [2.24, 2.45) is 0 Å². The van der Waals surface area contributed by atoms with Crippen molar-refractivity contribution in [3.05, 3.63) is 64.4 Å². The van der Waals surface area contributed by atoms with Crippen LogP contribution in [-0.2, 0) is 17.8 Å². The number of nitrogens with one attached hydrogen (secondary N) is 1. The Morgan fingerprint density at radius 3 is 2.35 bits per heavy atom. The van der Waals surface area contributed by atoms with Crippen molar-refractivity contribution < 1.29 is 9.69 Å². The van der Waals surface area contributed by atoms with E-state index >= 15 is 0 Å². The molecule has 1 aromatic carbocycles. The van der Waals surface area contributed by atoms with E-state index in [-0.39, 0.29) is 5.91 Å². The van der Waals surface area contributed by atoms with Crippen LogP contribution < -0.4 is 4.90 Å². The number of nitrogens with zero attached hydrogens (tertiary/aromatic N) is 2. The summed E-state index contributed by atoms with van der Waals surface area (Å²) < 4.78 is 1.04. The standard InChI is InChI=1S/C18H20BrN3O/c19-17-3-1-15(2-4-17)13-18(23)22-11-9-21(10-12-22)14-16-5-7-20-8-6-16/h1-8H,9-14H2/p+1. The van der Waals surface area contributed by atoms with E-state index in [9.17, 15) is 4.79 Å². The monoisotopic (exact) mass is 374 g/mol. The van der Waals surface area contributed by atoms with E-state index in [0.29, 0.717) is 6.42 Å². The predicted molar refractivity (Wildman–Crippen MR) is 93.1 cm³/mol. The minimum Gasteiger partial charge on any atom is -0.331 e. The highest BCUT2D eigenvalue weighted by Gasteiger charge is 2.23. The largest absolute Gasteiger partial charge is 0.331 e. The van der Waals surface area contributed by atoms with Crippen LogP contribution in [0.5, 0.6) is 0 Å². The molecular weight excluding hydrogens is 354 g/mol. The van der Waals surface area contributed by atoms with Gasteiger partial charge in [0, 0.05) is 22.4 Å². The maximum Gasteiger partial charge on any atom is 0.227 e. The lowest BCUT2D eigenvalue weighted by molar-refractivity contribution is -0.917. The van der Waals surface area contributed by atoms with Crippen LogP contribution in [-0.4, -0.2) is 42.0 Å². The zero-order chi connectivity index (χ0) is 16.1. The second kappa shape index (κ2) is 7.70. The summed E-state index contributed by atoms with van der Waals surface area (Å²) in [5.74, 6) is 0.232. The average molecular weight is 375 g/mol. The van der Waals surface area contributed by atoms with Gasteiger partial charge in [-0.15, -0.1) is 0 Å². The van der Waals surface area contributed by atoms with Gasteiger partial charge in [0.05, 0.1) is 32.6 Å². The molecule has 120 valence electrons. The van der Waals surface area contributed by atoms with Crippen LogP contribution in [0.3, 0.4) is 0 Å². The van der Waals surface area contributed by atoms with Gasteiger partial charge in [-0.25, -0.2) is 0 Å². The minimum atomic E-state index is 0.232. The SMILES string of the molecule is O=C(Cc1ccc(Br)cc1)N1CC[NH+](Cc2ccncc2)CC1. The van der Waals surface area contributed by atoms with Gasteiger partial charge in [-0.1, -0.05) is 28.1 Å². The van der Waals surface area contributed by atoms with Crippen LogP contribution in [0.15, 0.2) is 53.3 Å². The first-order valence-corrected chi connectivity index (χ1v) is 8.75. The van der Waals surface area contributed by atoms with E-state index in [1.54, 1.807) is 0 Å². The van der Waals surface area contributed by atoms with E-state index in [0.717, 1.165) is 42.8 Å². The van der Waals surface area contributed by atoms with Gasteiger partial charge in [0.2, 0.25) is 5.91 Å². The fraction of sp³-hybridized carbons (Fsp3) is 0.333. The number of pyridine rings is 1. The molecule has 0 unspecified atom stereocenters. The number of rotatable bonds is 4. The molecule has 0 atom stereocenters. The maximum atomic E-state index is 12.4. The summed E-state index contributed by atoms with van der Waals surface area (Å²) in [5.41, 5.74) is 2.38. The Labute approximate surface area is 145 Å². The zero-order valence-electron chi connectivity index (χ0n) is 13.0. The summed E-state index contributed by atoms with van der Waals surface area (Å²) in [4.78, 5) is 20.0. The van der Waals surface area contributed by atoms with E-state index < -0.39 is 0 Å². The lowest BCUT2D eigenvalue weighted by Gasteiger charge is -2.32. The number of hydrogen-bond donors (Lipinski definition) is 1. The first kappa shape index (κ1) is 16.1. The molecule has 0 saturated carbocycles. The van der Waals surface area contributed by atoms with Crippen LogP contribution in [0.25, 0.3) is 0 Å². The molecule has 0 spiro atoms. The molecule has 4 nitrogen and oxygen atoms in total. The predicted octanol–water partition coefficient (Wildman–Crippen LogP) is 1.31. The van der Waals surface area contributed by atoms with Crippen LogP contribution in [0.1, 0.15) is 11.1 Å². The fourth-order valence-electron chi connectivity index (χ4n) is 2.93. The molecule has 23 heavy (non-hydrogen) atoms. The molecule has 1 N–H and O–H groups in total. The number of aromatic nitrogens is 1. The summed E-state index contributed by atoms with van der Waals surface area (Å²) in [7, 11) is 0. The van der Waals surface area contributed by atoms with Gasteiger partial charge in [-0.2, -0.15) is 0 Å². The zero-order valence-corrected chi connectivity index (χ0v) is 14.6. The highest BCUT2D eigenvalue weighted by Crippen LogP contribution is 2.11. The number of piperazine rings is 1. The van der Waals surface area contributed by atoms with Crippen molar-refractivity contribution in [2.75, 3.05) is 26.2 Å². The quantitative estimate of drug-likeness (QED) is 0.875. The van der Waals surface area contributed by atoms with E-state index in [2.05, 4.69) is 33.0 Å². The normalized spacial score (nSPS) is 15.6. The highest BCUT2D eigenvalue weighted by atomic mass is 79.9. The van der Waals surface area contributed by atoms with Gasteiger partial charge >= 0.3 is 0 Å². The van der Waals surface area contributed by atoms with Crippen LogP contribution in [0.4, 0.5) is 0 Å². The van der Waals surface area contributed by atoms with E-state index in [4.69, 9.17) is 0 Å². The molecule has 2 aromatic rings. The summed E-state index contributed by atoms with van der Waals surface area (Å²) in [6.45, 7) is 4.71. The number of hydrogen-bond acceptors (Lipinski definition) is 2. The number of benzene rings is 1. The molecule has 2 heterocycles. The Kier molecular flexibility index (Phi) is 5.41. The molecule has 0 radical (unpaired) electrons. The van der Waals surface area contributed by atoms with Gasteiger partial charge in [0.25, 0.3) is 0 Å². The van der Waals surface area contributed by atoms with Gasteiger partial charge in [0.1, 0.15) is 6.54 Å². The molecule has 0 aliphatic carbocycles. The minimum absolute atomic E-state index is 0.232. The lowest BCUT2D eigenvalue weighted by atomic mass is 10.1. The third-order valence-electron chi connectivity index (χ3n) is 4.30. The van der Waals surface area contributed by atoms with Crippen molar-refractivity contribution in [3.63, 3.8) is 0 Å². The first-order chi connectivity index (χ1) is 11.2. The molecule has 1 aliphatic rings. The Morgan fingerprint density at radius 1 is 1.04 bits per heavy atom. The van der Waals surface area contributed by atoms with Crippen molar-refractivity contribution in [3.8, 4) is 0 Å². The van der Waals surface area contributed by atoms with Crippen molar-refractivity contribution in [1.29, 1.82) is 0 Å². The summed E-state index contributed by atoms with van der Waals surface area (Å²) in [6.07, 6.45) is 4.17. The Balaban J connectivity index is 1.48. The van der Waals surface area contributed by atoms with Gasteiger partial charge < -0.3 is 9.80 Å². The maximum absolute atomic E-state index is 12.4. The molecule has 1 aromatic heterocycles. The first-order valence-electron chi connectivity index (χ1n) is 7.95. The average Bonchev–Trinajstić information content (AvgIpc) is 2.58. The Hall–Kier alpha value is -1.72. The van der Waals surface area contributed by atoms with Gasteiger partial charge in [-0.05, 0) is 29.8 Å². The molecule has 1 saturated heterocycles. The molecule has 5 heteroatoms. The third kappa shape index (κ3) is 4.62. The van der Waals surface area contributed by atoms with E-state index in [1.807, 2.05) is 41.6 Å². The Morgan fingerprint density at radius 2 is 1.70 bits per heavy atom. The smallest absolute Gasteiger partial charge is 0.227 e. The van der Waals surface area contributed by atoms with Crippen LogP contribution >= 0.6 is 15.9 Å². The molecule has 1 fully saturated rings. The molecule has 1 aliphatic heterocycles. The number of quaternary nitrogens is 1. The molecule has 0 bridgehead atoms. The number of carbonyl (C=O) groups excluding carboxylic acids is 1. The van der Waals surface area contributed by atoms with Crippen molar-refractivity contribution in [1.82, 2.24) is 9.88 Å². The molecule has 1 amide bonds. The second-order valence-corrected chi connectivity index (χ2v) is 6.88. The van der Waals surface area contributed by atoms with Crippen LogP contribution in [0, 0.1) is 0 Å². The van der Waals surface area contributed by atoms with Crippen LogP contribution in [0.2, 0.25) is 0 Å². The van der Waals surface area contributed by atoms with Crippen molar-refractivity contribution >= 4 is 21.8 Å². The highest BCUT2D eigenvalue weighted by molar-refractivity contribution is 9.10. The second-order valence-electron chi connectivity index (χ2n) is 5.97. The summed E-state index contributed by atoms with van der Waals surface area (Å²) in [5, 5.41) is 0. The number of halogens is 1. The topological polar surface area (TPSA) is 37.6 Å². The number of carbonyl (C=O) groups is 1. The fourth-order valence-corrected chi connectivity index (χ4v) is 3.19. The lowest BCUT2D eigenvalue weighted by Crippen LogP contribution is -3.13. The van der Waals surface area contributed by atoms with E-state index in [1.165, 1.54) is 10.5 Å².